The number of carbonyl (C=O) groups is 1. The molecule has 2 aromatic carbocycles. The average molecular weight is 463 g/mol. The number of benzene rings is 2. The zero-order valence-corrected chi connectivity index (χ0v) is 17.7. The summed E-state index contributed by atoms with van der Waals surface area (Å²) in [6.45, 7) is 0. The van der Waals surface area contributed by atoms with Crippen LogP contribution >= 0.6 is 12.2 Å². The van der Waals surface area contributed by atoms with Gasteiger partial charge in [0.1, 0.15) is 5.75 Å². The number of amides is 1. The largest absolute Gasteiger partial charge is 0.573 e. The Hall–Kier alpha value is -3.14. The van der Waals surface area contributed by atoms with Gasteiger partial charge in [-0.2, -0.15) is 0 Å². The summed E-state index contributed by atoms with van der Waals surface area (Å²) in [5.74, 6) is -0.866. The van der Waals surface area contributed by atoms with Gasteiger partial charge in [-0.15, -0.1) is 13.2 Å². The number of rotatable bonds is 4. The lowest BCUT2D eigenvalue weighted by molar-refractivity contribution is -0.274. The molecule has 0 atom stereocenters. The molecule has 0 radical (unpaired) electrons. The Morgan fingerprint density at radius 1 is 1.09 bits per heavy atom. The number of anilines is 1. The van der Waals surface area contributed by atoms with Gasteiger partial charge in [0.2, 0.25) is 0 Å². The molecule has 2 N–H and O–H groups in total. The van der Waals surface area contributed by atoms with Crippen molar-refractivity contribution in [2.24, 2.45) is 0 Å². The summed E-state index contributed by atoms with van der Waals surface area (Å²) < 4.78 is 42.6. The van der Waals surface area contributed by atoms with Crippen LogP contribution in [0, 0.1) is 4.77 Å². The molecule has 3 aromatic rings. The quantitative estimate of drug-likeness (QED) is 0.486. The number of alkyl halides is 3. The predicted molar refractivity (Wildman–Crippen MR) is 117 cm³/mol. The molecule has 1 fully saturated rings. The Bertz CT molecular complexity index is 1260. The fourth-order valence-electron chi connectivity index (χ4n) is 3.99. The standard InChI is InChI=1S/C22H20F3N3O3S/c23-22(24,25)31-16-9-7-14(8-10-16)26-19(29)13-6-11-17-18(12-13)27-21(32)28(20(17)30)15-4-2-1-3-5-15/h6-12,15H,1-5H2,(H,26,29)(H,27,32). The van der Waals surface area contributed by atoms with E-state index in [2.05, 4.69) is 15.0 Å². The Labute approximate surface area is 186 Å². The molecule has 1 aromatic heterocycles. The second-order valence-electron chi connectivity index (χ2n) is 7.68. The van der Waals surface area contributed by atoms with Gasteiger partial charge >= 0.3 is 6.36 Å². The molecule has 1 amide bonds. The molecule has 1 aliphatic carbocycles. The van der Waals surface area contributed by atoms with Crippen LogP contribution in [0.2, 0.25) is 0 Å². The smallest absolute Gasteiger partial charge is 0.406 e. The van der Waals surface area contributed by atoms with Crippen LogP contribution in [0.15, 0.2) is 47.3 Å². The lowest BCUT2D eigenvalue weighted by Gasteiger charge is -2.24. The van der Waals surface area contributed by atoms with Gasteiger partial charge in [-0.1, -0.05) is 19.3 Å². The highest BCUT2D eigenvalue weighted by Crippen LogP contribution is 2.28. The van der Waals surface area contributed by atoms with Crippen molar-refractivity contribution in [3.05, 3.63) is 63.2 Å². The molecule has 6 nitrogen and oxygen atoms in total. The Balaban J connectivity index is 1.56. The summed E-state index contributed by atoms with van der Waals surface area (Å²) in [6.07, 6.45) is 0.322. The van der Waals surface area contributed by atoms with Crippen LogP contribution in [0.5, 0.6) is 5.75 Å². The molecule has 0 spiro atoms. The fourth-order valence-corrected chi connectivity index (χ4v) is 4.33. The van der Waals surface area contributed by atoms with Gasteiger partial charge in [-0.25, -0.2) is 0 Å². The molecular formula is C22H20F3N3O3S. The summed E-state index contributed by atoms with van der Waals surface area (Å²) in [6, 6.07) is 9.54. The van der Waals surface area contributed by atoms with E-state index in [-0.39, 0.29) is 22.9 Å². The minimum absolute atomic E-state index is 0.0803. The third kappa shape index (κ3) is 4.85. The first kappa shape index (κ1) is 22.1. The van der Waals surface area contributed by atoms with Gasteiger partial charge < -0.3 is 15.0 Å². The first-order valence-corrected chi connectivity index (χ1v) is 10.6. The second kappa shape index (κ2) is 8.78. The molecule has 168 valence electrons. The zero-order chi connectivity index (χ0) is 22.9. The summed E-state index contributed by atoms with van der Waals surface area (Å²) in [7, 11) is 0. The number of halogens is 3. The topological polar surface area (TPSA) is 76.1 Å². The fraction of sp³-hybridized carbons (Fsp3) is 0.318. The predicted octanol–water partition coefficient (Wildman–Crippen LogP) is 5.72. The van der Waals surface area contributed by atoms with E-state index in [0.717, 1.165) is 44.2 Å². The molecule has 4 rings (SSSR count). The second-order valence-corrected chi connectivity index (χ2v) is 8.07. The van der Waals surface area contributed by atoms with Crippen LogP contribution in [-0.4, -0.2) is 21.8 Å². The summed E-state index contributed by atoms with van der Waals surface area (Å²) in [5.41, 5.74) is 0.843. The van der Waals surface area contributed by atoms with Crippen molar-refractivity contribution < 1.29 is 22.7 Å². The van der Waals surface area contributed by atoms with E-state index >= 15 is 0 Å². The molecule has 1 heterocycles. The number of ether oxygens (including phenoxy) is 1. The summed E-state index contributed by atoms with van der Waals surface area (Å²) in [5, 5.41) is 3.05. The van der Waals surface area contributed by atoms with Crippen molar-refractivity contribution in [3.8, 4) is 5.75 Å². The number of nitrogens with one attached hydrogen (secondary N) is 2. The number of aromatic amines is 1. The van der Waals surface area contributed by atoms with Crippen LogP contribution in [0.1, 0.15) is 48.5 Å². The van der Waals surface area contributed by atoms with Gasteiger partial charge in [-0.3, -0.25) is 14.2 Å². The lowest BCUT2D eigenvalue weighted by Crippen LogP contribution is -2.28. The number of fused-ring (bicyclic) bond motifs is 1. The number of aromatic nitrogens is 2. The van der Waals surface area contributed by atoms with Gasteiger partial charge in [-0.05, 0) is 67.5 Å². The Morgan fingerprint density at radius 3 is 2.44 bits per heavy atom. The third-order valence-electron chi connectivity index (χ3n) is 5.48. The average Bonchev–Trinajstić information content (AvgIpc) is 2.74. The normalized spacial score (nSPS) is 15.0. The van der Waals surface area contributed by atoms with E-state index in [4.69, 9.17) is 12.2 Å². The number of hydrogen-bond acceptors (Lipinski definition) is 4. The molecule has 0 aliphatic heterocycles. The number of nitrogens with zero attached hydrogens (tertiary/aromatic N) is 1. The number of carbonyl (C=O) groups excluding carboxylic acids is 1. The van der Waals surface area contributed by atoms with Crippen molar-refractivity contribution in [1.82, 2.24) is 9.55 Å². The lowest BCUT2D eigenvalue weighted by atomic mass is 9.95. The number of hydrogen-bond donors (Lipinski definition) is 2. The third-order valence-corrected chi connectivity index (χ3v) is 5.78. The molecule has 0 unspecified atom stereocenters. The summed E-state index contributed by atoms with van der Waals surface area (Å²) in [4.78, 5) is 28.7. The molecule has 10 heteroatoms. The maximum atomic E-state index is 13.0. The van der Waals surface area contributed by atoms with Crippen molar-refractivity contribution in [2.45, 2.75) is 44.5 Å². The maximum absolute atomic E-state index is 13.0. The molecular weight excluding hydrogens is 443 g/mol. The highest BCUT2D eigenvalue weighted by Gasteiger charge is 2.31. The molecule has 32 heavy (non-hydrogen) atoms. The van der Waals surface area contributed by atoms with Crippen molar-refractivity contribution in [2.75, 3.05) is 5.32 Å². The monoisotopic (exact) mass is 463 g/mol. The number of H-pyrrole nitrogens is 1. The molecule has 0 saturated heterocycles. The van der Waals surface area contributed by atoms with Gasteiger partial charge in [0.25, 0.3) is 11.5 Å². The van der Waals surface area contributed by atoms with E-state index in [1.54, 1.807) is 10.6 Å². The van der Waals surface area contributed by atoms with E-state index < -0.39 is 12.3 Å². The Kier molecular flexibility index (Phi) is 6.05. The first-order chi connectivity index (χ1) is 15.2. The zero-order valence-electron chi connectivity index (χ0n) is 16.9. The Morgan fingerprint density at radius 2 is 1.78 bits per heavy atom. The van der Waals surface area contributed by atoms with E-state index in [1.807, 2.05) is 0 Å². The highest BCUT2D eigenvalue weighted by atomic mass is 32.1. The molecule has 1 saturated carbocycles. The van der Waals surface area contributed by atoms with Gasteiger partial charge in [0, 0.05) is 17.3 Å². The van der Waals surface area contributed by atoms with E-state index in [1.165, 1.54) is 24.3 Å². The minimum Gasteiger partial charge on any atom is -0.406 e. The maximum Gasteiger partial charge on any atom is 0.573 e. The molecule has 1 aliphatic rings. The van der Waals surface area contributed by atoms with Crippen LogP contribution in [0.25, 0.3) is 10.9 Å². The summed E-state index contributed by atoms with van der Waals surface area (Å²) >= 11 is 5.43. The van der Waals surface area contributed by atoms with Gasteiger partial charge in [0.05, 0.1) is 10.9 Å². The van der Waals surface area contributed by atoms with E-state index in [0.29, 0.717) is 21.4 Å². The van der Waals surface area contributed by atoms with Crippen LogP contribution < -0.4 is 15.6 Å². The van der Waals surface area contributed by atoms with Crippen LogP contribution in [0.4, 0.5) is 18.9 Å². The SMILES string of the molecule is O=C(Nc1ccc(OC(F)(F)F)cc1)c1ccc2c(=O)n(C3CCCCC3)c(=S)[nH]c2c1. The van der Waals surface area contributed by atoms with Crippen molar-refractivity contribution >= 4 is 34.7 Å². The minimum atomic E-state index is -4.79. The van der Waals surface area contributed by atoms with Crippen molar-refractivity contribution in [1.29, 1.82) is 0 Å². The highest BCUT2D eigenvalue weighted by molar-refractivity contribution is 7.71. The van der Waals surface area contributed by atoms with Crippen LogP contribution in [-0.2, 0) is 0 Å². The van der Waals surface area contributed by atoms with Crippen LogP contribution in [0.3, 0.4) is 0 Å². The van der Waals surface area contributed by atoms with E-state index in [9.17, 15) is 22.8 Å². The first-order valence-electron chi connectivity index (χ1n) is 10.2. The molecule has 0 bridgehead atoms. The van der Waals surface area contributed by atoms with Crippen molar-refractivity contribution in [3.63, 3.8) is 0 Å². The van der Waals surface area contributed by atoms with Gasteiger partial charge in [0.15, 0.2) is 4.77 Å².